The van der Waals surface area contributed by atoms with Gasteiger partial charge in [-0.3, -0.25) is 4.79 Å². The summed E-state index contributed by atoms with van der Waals surface area (Å²) in [7, 11) is 0. The van der Waals surface area contributed by atoms with E-state index in [9.17, 15) is 4.79 Å². The highest BCUT2D eigenvalue weighted by Gasteiger charge is 1.90. The molecule has 0 saturated carbocycles. The molecule has 0 fully saturated rings. The van der Waals surface area contributed by atoms with Gasteiger partial charge in [0.05, 0.1) is 0 Å². The molecule has 0 aliphatic carbocycles. The molecule has 4 heteroatoms. The van der Waals surface area contributed by atoms with Crippen LogP contribution >= 0.6 is 23.4 Å². The Balaban J connectivity index is 3.54. The lowest BCUT2D eigenvalue weighted by Gasteiger charge is -1.99. The third-order valence-corrected chi connectivity index (χ3v) is 2.20. The van der Waals surface area contributed by atoms with Gasteiger partial charge in [-0.2, -0.15) is 0 Å². The number of allylic oxidation sites excluding steroid dienone is 1. The van der Waals surface area contributed by atoms with Crippen LogP contribution in [0.25, 0.3) is 0 Å². The Morgan fingerprint density at radius 2 is 2.27 bits per heavy atom. The average Bonchev–Trinajstić information content (AvgIpc) is 1.86. The van der Waals surface area contributed by atoms with Gasteiger partial charge in [0.2, 0.25) is 5.91 Å². The van der Waals surface area contributed by atoms with Crippen LogP contribution in [0, 0.1) is 0 Å². The number of carbonyl (C=O) groups excluding carboxylic acids is 1. The molecule has 64 valence electrons. The van der Waals surface area contributed by atoms with Crippen molar-refractivity contribution in [3.63, 3.8) is 0 Å². The van der Waals surface area contributed by atoms with Crippen LogP contribution < -0.4 is 5.32 Å². The van der Waals surface area contributed by atoms with Crippen molar-refractivity contribution in [2.24, 2.45) is 0 Å². The smallest absolute Gasteiger partial charge is 0.221 e. The Morgan fingerprint density at radius 1 is 1.64 bits per heavy atom. The summed E-state index contributed by atoms with van der Waals surface area (Å²) in [6.45, 7) is 3.34. The third kappa shape index (κ3) is 7.75. The monoisotopic (exact) mass is 193 g/mol. The fourth-order valence-corrected chi connectivity index (χ4v) is 1.32. The fourth-order valence-electron chi connectivity index (χ4n) is 0.536. The standard InChI is InChI=1S/C7H12ClNOS/c1-6(9-7(2)10)5-11-4-3-8/h5H,3-4H2,1-2H3,(H,9,10)/b6-5-. The Bertz CT molecular complexity index is 159. The van der Waals surface area contributed by atoms with Crippen LogP contribution in [0.5, 0.6) is 0 Å². The van der Waals surface area contributed by atoms with E-state index >= 15 is 0 Å². The maximum atomic E-state index is 10.5. The summed E-state index contributed by atoms with van der Waals surface area (Å²) in [6, 6.07) is 0. The van der Waals surface area contributed by atoms with Crippen molar-refractivity contribution >= 4 is 29.3 Å². The van der Waals surface area contributed by atoms with Crippen molar-refractivity contribution in [3.8, 4) is 0 Å². The molecule has 0 spiro atoms. The molecule has 11 heavy (non-hydrogen) atoms. The number of carbonyl (C=O) groups is 1. The van der Waals surface area contributed by atoms with Crippen LogP contribution in [-0.4, -0.2) is 17.5 Å². The highest BCUT2D eigenvalue weighted by Crippen LogP contribution is 2.04. The number of amides is 1. The number of halogens is 1. The molecule has 0 radical (unpaired) electrons. The lowest BCUT2D eigenvalue weighted by Crippen LogP contribution is -2.16. The van der Waals surface area contributed by atoms with Crippen molar-refractivity contribution in [1.82, 2.24) is 5.32 Å². The molecule has 0 aromatic heterocycles. The topological polar surface area (TPSA) is 29.1 Å². The Hall–Kier alpha value is -0.150. The van der Waals surface area contributed by atoms with Gasteiger partial charge in [0, 0.05) is 24.3 Å². The molecule has 1 N–H and O–H groups in total. The van der Waals surface area contributed by atoms with Gasteiger partial charge in [-0.05, 0) is 12.3 Å². The van der Waals surface area contributed by atoms with Crippen LogP contribution in [0.3, 0.4) is 0 Å². The molecule has 0 rings (SSSR count). The van der Waals surface area contributed by atoms with Crippen molar-refractivity contribution in [3.05, 3.63) is 11.1 Å². The predicted octanol–water partition coefficient (Wildman–Crippen LogP) is 1.96. The van der Waals surface area contributed by atoms with Crippen molar-refractivity contribution in [2.45, 2.75) is 13.8 Å². The Morgan fingerprint density at radius 3 is 2.73 bits per heavy atom. The summed E-state index contributed by atoms with van der Waals surface area (Å²) in [5.74, 6) is 1.47. The van der Waals surface area contributed by atoms with E-state index in [0.29, 0.717) is 5.88 Å². The minimum absolute atomic E-state index is 0.0368. The second kappa shape index (κ2) is 6.55. The number of hydrogen-bond donors (Lipinski definition) is 1. The zero-order valence-corrected chi connectivity index (χ0v) is 8.26. The second-order valence-corrected chi connectivity index (χ2v) is 3.40. The van der Waals surface area contributed by atoms with E-state index in [2.05, 4.69) is 5.32 Å². The fraction of sp³-hybridized carbons (Fsp3) is 0.571. The van der Waals surface area contributed by atoms with E-state index in [-0.39, 0.29) is 5.91 Å². The summed E-state index contributed by atoms with van der Waals surface area (Å²) in [5, 5.41) is 4.55. The minimum Gasteiger partial charge on any atom is -0.330 e. The second-order valence-electron chi connectivity index (χ2n) is 2.04. The van der Waals surface area contributed by atoms with Crippen molar-refractivity contribution in [2.75, 3.05) is 11.6 Å². The van der Waals surface area contributed by atoms with Gasteiger partial charge in [0.1, 0.15) is 0 Å². The number of alkyl halides is 1. The summed E-state index contributed by atoms with van der Waals surface area (Å²) in [6.07, 6.45) is 0. The number of nitrogens with one attached hydrogen (secondary N) is 1. The first-order valence-electron chi connectivity index (χ1n) is 3.28. The minimum atomic E-state index is -0.0368. The van der Waals surface area contributed by atoms with E-state index < -0.39 is 0 Å². The first-order valence-corrected chi connectivity index (χ1v) is 4.87. The molecule has 0 atom stereocenters. The predicted molar refractivity (Wildman–Crippen MR) is 50.8 cm³/mol. The maximum absolute atomic E-state index is 10.5. The molecule has 0 bridgehead atoms. The van der Waals surface area contributed by atoms with Crippen LogP contribution in [0.4, 0.5) is 0 Å². The molecular weight excluding hydrogens is 182 g/mol. The number of rotatable bonds is 4. The van der Waals surface area contributed by atoms with E-state index in [1.807, 2.05) is 12.3 Å². The number of thioether (sulfide) groups is 1. The molecular formula is C7H12ClNOS. The molecule has 0 saturated heterocycles. The highest BCUT2D eigenvalue weighted by atomic mass is 35.5. The molecule has 1 amide bonds. The largest absolute Gasteiger partial charge is 0.330 e. The quantitative estimate of drug-likeness (QED) is 0.546. The van der Waals surface area contributed by atoms with Gasteiger partial charge in [-0.15, -0.1) is 23.4 Å². The highest BCUT2D eigenvalue weighted by molar-refractivity contribution is 8.02. The molecule has 2 nitrogen and oxygen atoms in total. The molecule has 0 unspecified atom stereocenters. The van der Waals surface area contributed by atoms with Gasteiger partial charge >= 0.3 is 0 Å². The molecule has 0 aliphatic heterocycles. The van der Waals surface area contributed by atoms with Crippen LogP contribution in [0.2, 0.25) is 0 Å². The average molecular weight is 194 g/mol. The van der Waals surface area contributed by atoms with Crippen LogP contribution in [0.1, 0.15) is 13.8 Å². The Labute approximate surface area is 76.4 Å². The van der Waals surface area contributed by atoms with Crippen LogP contribution in [0.15, 0.2) is 11.1 Å². The van der Waals surface area contributed by atoms with E-state index in [0.717, 1.165) is 11.4 Å². The van der Waals surface area contributed by atoms with E-state index in [1.54, 1.807) is 11.8 Å². The van der Waals surface area contributed by atoms with Gasteiger partial charge in [0.15, 0.2) is 0 Å². The lowest BCUT2D eigenvalue weighted by molar-refractivity contribution is -0.118. The zero-order chi connectivity index (χ0) is 8.69. The first kappa shape index (κ1) is 10.8. The third-order valence-electron chi connectivity index (χ3n) is 0.828. The summed E-state index contributed by atoms with van der Waals surface area (Å²) < 4.78 is 0. The maximum Gasteiger partial charge on any atom is 0.221 e. The lowest BCUT2D eigenvalue weighted by atomic mass is 10.5. The van der Waals surface area contributed by atoms with Crippen LogP contribution in [-0.2, 0) is 4.79 Å². The van der Waals surface area contributed by atoms with Gasteiger partial charge in [-0.1, -0.05) is 0 Å². The van der Waals surface area contributed by atoms with Gasteiger partial charge < -0.3 is 5.32 Å². The zero-order valence-electron chi connectivity index (χ0n) is 6.69. The summed E-state index contributed by atoms with van der Waals surface area (Å²) in [5.41, 5.74) is 0.868. The number of hydrogen-bond acceptors (Lipinski definition) is 2. The summed E-state index contributed by atoms with van der Waals surface area (Å²) >= 11 is 7.05. The van der Waals surface area contributed by atoms with Crippen molar-refractivity contribution in [1.29, 1.82) is 0 Å². The molecule has 0 aromatic carbocycles. The molecule has 0 heterocycles. The van der Waals surface area contributed by atoms with E-state index in [4.69, 9.17) is 11.6 Å². The SMILES string of the molecule is CC(=O)N/C(C)=C\SCCCl. The van der Waals surface area contributed by atoms with Crippen molar-refractivity contribution < 1.29 is 4.79 Å². The molecule has 0 aliphatic rings. The summed E-state index contributed by atoms with van der Waals surface area (Å²) in [4.78, 5) is 10.5. The van der Waals surface area contributed by atoms with Gasteiger partial charge in [0.25, 0.3) is 0 Å². The molecule has 0 aromatic rings. The Kier molecular flexibility index (Phi) is 6.46. The van der Waals surface area contributed by atoms with Gasteiger partial charge in [-0.25, -0.2) is 0 Å². The first-order chi connectivity index (χ1) is 5.16. The normalized spacial score (nSPS) is 11.4. The van der Waals surface area contributed by atoms with E-state index in [1.165, 1.54) is 6.92 Å².